The van der Waals surface area contributed by atoms with E-state index in [-0.39, 0.29) is 17.4 Å². The van der Waals surface area contributed by atoms with Crippen LogP contribution in [-0.2, 0) is 11.2 Å². The van der Waals surface area contributed by atoms with E-state index in [2.05, 4.69) is 12.1 Å². The molecule has 2 atom stereocenters. The van der Waals surface area contributed by atoms with Crippen molar-refractivity contribution in [3.8, 4) is 0 Å². The first kappa shape index (κ1) is 16.3. The van der Waals surface area contributed by atoms with Crippen LogP contribution >= 0.6 is 11.6 Å². The van der Waals surface area contributed by atoms with E-state index in [0.29, 0.717) is 12.5 Å². The molecule has 2 unspecified atom stereocenters. The molecule has 0 aliphatic carbocycles. The van der Waals surface area contributed by atoms with Crippen molar-refractivity contribution in [2.75, 3.05) is 13.1 Å². The number of piperidine rings is 1. The number of hydrogen-bond donors (Lipinski definition) is 1. The van der Waals surface area contributed by atoms with E-state index in [1.54, 1.807) is 0 Å². The van der Waals surface area contributed by atoms with Gasteiger partial charge in [-0.05, 0) is 36.5 Å². The van der Waals surface area contributed by atoms with E-state index < -0.39 is 0 Å². The first-order valence-electron chi connectivity index (χ1n) is 7.55. The van der Waals surface area contributed by atoms with Crippen molar-refractivity contribution < 1.29 is 4.79 Å². The standard InChI is InChI=1S/C17H25ClN2O/c1-17(2,3)16(21)20-10-13(9-15(19)11-20)8-12-4-6-14(18)7-5-12/h4-7,13,15H,8-11,19H2,1-3H3. The molecule has 116 valence electrons. The summed E-state index contributed by atoms with van der Waals surface area (Å²) < 4.78 is 0. The fourth-order valence-corrected chi connectivity index (χ4v) is 3.11. The topological polar surface area (TPSA) is 46.3 Å². The number of hydrogen-bond acceptors (Lipinski definition) is 2. The highest BCUT2D eigenvalue weighted by molar-refractivity contribution is 6.30. The molecule has 1 heterocycles. The van der Waals surface area contributed by atoms with Crippen molar-refractivity contribution in [3.05, 3.63) is 34.9 Å². The number of rotatable bonds is 2. The Labute approximate surface area is 132 Å². The summed E-state index contributed by atoms with van der Waals surface area (Å²) in [5.74, 6) is 0.611. The Morgan fingerprint density at radius 2 is 1.90 bits per heavy atom. The van der Waals surface area contributed by atoms with Crippen molar-refractivity contribution in [1.82, 2.24) is 4.90 Å². The molecule has 1 aromatic carbocycles. The Kier molecular flexibility index (Phi) is 4.95. The zero-order chi connectivity index (χ0) is 15.6. The molecule has 4 heteroatoms. The predicted molar refractivity (Wildman–Crippen MR) is 87.3 cm³/mol. The molecule has 1 amide bonds. The summed E-state index contributed by atoms with van der Waals surface area (Å²) in [5.41, 5.74) is 7.07. The number of amides is 1. The van der Waals surface area contributed by atoms with Crippen LogP contribution in [0.15, 0.2) is 24.3 Å². The molecule has 1 aromatic rings. The quantitative estimate of drug-likeness (QED) is 0.912. The van der Waals surface area contributed by atoms with Gasteiger partial charge in [0.05, 0.1) is 0 Å². The molecule has 3 nitrogen and oxygen atoms in total. The van der Waals surface area contributed by atoms with Crippen LogP contribution in [0.4, 0.5) is 0 Å². The Morgan fingerprint density at radius 1 is 1.29 bits per heavy atom. The van der Waals surface area contributed by atoms with E-state index in [1.807, 2.05) is 37.8 Å². The number of likely N-dealkylation sites (tertiary alicyclic amines) is 1. The molecule has 1 fully saturated rings. The van der Waals surface area contributed by atoms with Gasteiger partial charge in [-0.3, -0.25) is 4.79 Å². The summed E-state index contributed by atoms with van der Waals surface area (Å²) in [6, 6.07) is 8.01. The molecule has 21 heavy (non-hydrogen) atoms. The third kappa shape index (κ3) is 4.45. The van der Waals surface area contributed by atoms with Crippen LogP contribution < -0.4 is 5.73 Å². The molecule has 0 bridgehead atoms. The lowest BCUT2D eigenvalue weighted by Gasteiger charge is -2.39. The zero-order valence-electron chi connectivity index (χ0n) is 13.1. The van der Waals surface area contributed by atoms with Gasteiger partial charge in [0.2, 0.25) is 5.91 Å². The van der Waals surface area contributed by atoms with Crippen LogP contribution in [0.5, 0.6) is 0 Å². The van der Waals surface area contributed by atoms with Crippen LogP contribution in [0.1, 0.15) is 32.8 Å². The van der Waals surface area contributed by atoms with Gasteiger partial charge in [0.15, 0.2) is 0 Å². The minimum Gasteiger partial charge on any atom is -0.340 e. The summed E-state index contributed by atoms with van der Waals surface area (Å²) in [4.78, 5) is 14.4. The largest absolute Gasteiger partial charge is 0.340 e. The fourth-order valence-electron chi connectivity index (χ4n) is 2.99. The maximum Gasteiger partial charge on any atom is 0.228 e. The van der Waals surface area contributed by atoms with Crippen molar-refractivity contribution in [2.45, 2.75) is 39.7 Å². The second kappa shape index (κ2) is 6.37. The monoisotopic (exact) mass is 308 g/mol. The number of benzene rings is 1. The van der Waals surface area contributed by atoms with Crippen molar-refractivity contribution in [2.24, 2.45) is 17.1 Å². The normalized spacial score (nSPS) is 23.2. The maximum absolute atomic E-state index is 12.5. The lowest BCUT2D eigenvalue weighted by Crippen LogP contribution is -2.52. The minimum absolute atomic E-state index is 0.0716. The van der Waals surface area contributed by atoms with Gasteiger partial charge in [0.1, 0.15) is 0 Å². The number of nitrogens with zero attached hydrogens (tertiary/aromatic N) is 1. The van der Waals surface area contributed by atoms with Crippen LogP contribution in [0.2, 0.25) is 5.02 Å². The predicted octanol–water partition coefficient (Wildman–Crippen LogP) is 3.10. The third-order valence-electron chi connectivity index (χ3n) is 3.94. The average molecular weight is 309 g/mol. The molecule has 2 N–H and O–H groups in total. The molecule has 1 aliphatic rings. The average Bonchev–Trinajstić information content (AvgIpc) is 2.39. The highest BCUT2D eigenvalue weighted by atomic mass is 35.5. The molecule has 0 spiro atoms. The van der Waals surface area contributed by atoms with E-state index >= 15 is 0 Å². The smallest absolute Gasteiger partial charge is 0.228 e. The minimum atomic E-state index is -0.345. The van der Waals surface area contributed by atoms with Crippen LogP contribution in [-0.4, -0.2) is 29.9 Å². The Hall–Kier alpha value is -1.06. The molecule has 1 saturated heterocycles. The number of carbonyl (C=O) groups is 1. The number of carbonyl (C=O) groups excluding carboxylic acids is 1. The highest BCUT2D eigenvalue weighted by Gasteiger charge is 2.33. The molecular formula is C17H25ClN2O. The van der Waals surface area contributed by atoms with Crippen molar-refractivity contribution >= 4 is 17.5 Å². The van der Waals surface area contributed by atoms with Gasteiger partial charge in [-0.2, -0.15) is 0 Å². The molecule has 0 radical (unpaired) electrons. The SMILES string of the molecule is CC(C)(C)C(=O)N1CC(N)CC(Cc2ccc(Cl)cc2)C1. The lowest BCUT2D eigenvalue weighted by molar-refractivity contribution is -0.141. The summed E-state index contributed by atoms with van der Waals surface area (Å²) >= 11 is 5.92. The van der Waals surface area contributed by atoms with Crippen LogP contribution in [0.3, 0.4) is 0 Å². The lowest BCUT2D eigenvalue weighted by atomic mass is 9.86. The second-order valence-electron chi connectivity index (χ2n) is 7.15. The second-order valence-corrected chi connectivity index (χ2v) is 7.59. The molecular weight excluding hydrogens is 284 g/mol. The molecule has 0 aromatic heterocycles. The van der Waals surface area contributed by atoms with E-state index in [9.17, 15) is 4.79 Å². The zero-order valence-corrected chi connectivity index (χ0v) is 13.9. The van der Waals surface area contributed by atoms with Crippen molar-refractivity contribution in [1.29, 1.82) is 0 Å². The van der Waals surface area contributed by atoms with E-state index in [0.717, 1.165) is 24.4 Å². The van der Waals surface area contributed by atoms with E-state index in [1.165, 1.54) is 5.56 Å². The van der Waals surface area contributed by atoms with Crippen LogP contribution in [0.25, 0.3) is 0 Å². The van der Waals surface area contributed by atoms with Crippen molar-refractivity contribution in [3.63, 3.8) is 0 Å². The van der Waals surface area contributed by atoms with Gasteiger partial charge in [0, 0.05) is 29.6 Å². The summed E-state index contributed by atoms with van der Waals surface area (Å²) in [5, 5.41) is 0.753. The van der Waals surface area contributed by atoms with Gasteiger partial charge in [-0.1, -0.05) is 44.5 Å². The molecule has 2 rings (SSSR count). The number of nitrogens with two attached hydrogens (primary N) is 1. The summed E-state index contributed by atoms with van der Waals surface area (Å²) in [6.45, 7) is 7.36. The molecule has 0 saturated carbocycles. The van der Waals surface area contributed by atoms with Crippen LogP contribution in [0, 0.1) is 11.3 Å². The van der Waals surface area contributed by atoms with Gasteiger partial charge >= 0.3 is 0 Å². The first-order valence-corrected chi connectivity index (χ1v) is 7.93. The fraction of sp³-hybridized carbons (Fsp3) is 0.588. The van der Waals surface area contributed by atoms with Gasteiger partial charge in [-0.25, -0.2) is 0 Å². The Bertz CT molecular complexity index is 493. The first-order chi connectivity index (χ1) is 9.75. The Morgan fingerprint density at radius 3 is 2.48 bits per heavy atom. The van der Waals surface area contributed by atoms with E-state index in [4.69, 9.17) is 17.3 Å². The van der Waals surface area contributed by atoms with Gasteiger partial charge in [0.25, 0.3) is 0 Å². The van der Waals surface area contributed by atoms with Gasteiger partial charge < -0.3 is 10.6 Å². The third-order valence-corrected chi connectivity index (χ3v) is 4.19. The Balaban J connectivity index is 2.04. The summed E-state index contributed by atoms with van der Waals surface area (Å²) in [6.07, 6.45) is 1.91. The highest BCUT2D eigenvalue weighted by Crippen LogP contribution is 2.25. The molecule has 1 aliphatic heterocycles. The number of halogens is 1. The summed E-state index contributed by atoms with van der Waals surface area (Å²) in [7, 11) is 0. The maximum atomic E-state index is 12.5. The van der Waals surface area contributed by atoms with Gasteiger partial charge in [-0.15, -0.1) is 0 Å².